The van der Waals surface area contributed by atoms with Gasteiger partial charge in [0.05, 0.1) is 11.1 Å². The number of hydrogen-bond donors (Lipinski definition) is 2. The molecule has 0 aliphatic heterocycles. The third-order valence-electron chi connectivity index (χ3n) is 1.84. The van der Waals surface area contributed by atoms with Gasteiger partial charge in [0, 0.05) is 11.1 Å². The van der Waals surface area contributed by atoms with Crippen LogP contribution >= 0.6 is 31.9 Å². The number of benzene rings is 1. The molecule has 0 heterocycles. The summed E-state index contributed by atoms with van der Waals surface area (Å²) in [5, 5.41) is 18.8. The largest absolute Gasteiger partial charge is 0.504 e. The quantitative estimate of drug-likeness (QED) is 0.651. The number of rotatable bonds is 4. The molecule has 84 valence electrons. The minimum Gasteiger partial charge on any atom is -0.504 e. The molecule has 3 nitrogen and oxygen atoms in total. The van der Waals surface area contributed by atoms with Crippen LogP contribution in [-0.2, 0) is 11.3 Å². The number of halogens is 2. The molecule has 0 spiro atoms. The third-order valence-corrected chi connectivity index (χ3v) is 4.05. The maximum atomic E-state index is 9.42. The van der Waals surface area contributed by atoms with Crippen LogP contribution in [0.1, 0.15) is 18.9 Å². The van der Waals surface area contributed by atoms with Crippen LogP contribution in [0.25, 0.3) is 0 Å². The highest BCUT2D eigenvalue weighted by Crippen LogP contribution is 2.41. The van der Waals surface area contributed by atoms with Crippen molar-refractivity contribution in [1.29, 1.82) is 0 Å². The summed E-state index contributed by atoms with van der Waals surface area (Å²) in [5.41, 5.74) is 0.797. The van der Waals surface area contributed by atoms with Gasteiger partial charge in [-0.25, -0.2) is 0 Å². The zero-order valence-corrected chi connectivity index (χ0v) is 11.4. The van der Waals surface area contributed by atoms with Gasteiger partial charge in [-0.1, -0.05) is 6.92 Å². The standard InChI is InChI=1S/C10H12Br2O3/c1-2-3-15-5-6-4-7(13)10(14)9(12)8(6)11/h4,13-14H,2-3,5H2,1H3. The minimum atomic E-state index is -0.166. The van der Waals surface area contributed by atoms with Gasteiger partial charge in [-0.3, -0.25) is 0 Å². The fourth-order valence-electron chi connectivity index (χ4n) is 1.09. The molecule has 0 aliphatic rings. The second kappa shape index (κ2) is 5.72. The van der Waals surface area contributed by atoms with Crippen molar-refractivity contribution in [3.8, 4) is 11.5 Å². The van der Waals surface area contributed by atoms with Gasteiger partial charge in [0.25, 0.3) is 0 Å². The Hall–Kier alpha value is -0.260. The smallest absolute Gasteiger partial charge is 0.173 e. The molecule has 0 aromatic heterocycles. The van der Waals surface area contributed by atoms with E-state index in [4.69, 9.17) is 4.74 Å². The van der Waals surface area contributed by atoms with E-state index in [1.165, 1.54) is 6.07 Å². The molecule has 15 heavy (non-hydrogen) atoms. The van der Waals surface area contributed by atoms with Crippen LogP contribution in [-0.4, -0.2) is 16.8 Å². The van der Waals surface area contributed by atoms with E-state index in [1.807, 2.05) is 6.92 Å². The normalized spacial score (nSPS) is 10.6. The van der Waals surface area contributed by atoms with Gasteiger partial charge in [0.2, 0.25) is 0 Å². The molecular formula is C10H12Br2O3. The topological polar surface area (TPSA) is 49.7 Å². The van der Waals surface area contributed by atoms with Crippen LogP contribution in [0, 0.1) is 0 Å². The minimum absolute atomic E-state index is 0.153. The Labute approximate surface area is 105 Å². The van der Waals surface area contributed by atoms with E-state index >= 15 is 0 Å². The van der Waals surface area contributed by atoms with Crippen molar-refractivity contribution in [2.45, 2.75) is 20.0 Å². The summed E-state index contributed by atoms with van der Waals surface area (Å²) in [5.74, 6) is -0.318. The van der Waals surface area contributed by atoms with Crippen molar-refractivity contribution >= 4 is 31.9 Å². The van der Waals surface area contributed by atoms with Crippen LogP contribution in [0.5, 0.6) is 11.5 Å². The van der Waals surface area contributed by atoms with Crippen molar-refractivity contribution in [3.63, 3.8) is 0 Å². The lowest BCUT2D eigenvalue weighted by Crippen LogP contribution is -1.95. The van der Waals surface area contributed by atoms with E-state index < -0.39 is 0 Å². The Morgan fingerprint density at radius 2 is 1.93 bits per heavy atom. The molecule has 1 aromatic rings. The second-order valence-electron chi connectivity index (χ2n) is 3.08. The highest BCUT2D eigenvalue weighted by atomic mass is 79.9. The first-order valence-electron chi connectivity index (χ1n) is 4.54. The van der Waals surface area contributed by atoms with Crippen molar-refractivity contribution in [1.82, 2.24) is 0 Å². The zero-order chi connectivity index (χ0) is 11.4. The number of aromatic hydroxyl groups is 2. The molecule has 0 bridgehead atoms. The molecule has 1 aromatic carbocycles. The zero-order valence-electron chi connectivity index (χ0n) is 8.26. The van der Waals surface area contributed by atoms with Crippen LogP contribution in [0.3, 0.4) is 0 Å². The third kappa shape index (κ3) is 3.09. The maximum absolute atomic E-state index is 9.42. The van der Waals surface area contributed by atoms with E-state index in [-0.39, 0.29) is 11.5 Å². The highest BCUT2D eigenvalue weighted by molar-refractivity contribution is 9.13. The molecule has 0 radical (unpaired) electrons. The van der Waals surface area contributed by atoms with Gasteiger partial charge in [0.15, 0.2) is 11.5 Å². The number of hydrogen-bond acceptors (Lipinski definition) is 3. The van der Waals surface area contributed by atoms with Crippen molar-refractivity contribution in [2.75, 3.05) is 6.61 Å². The summed E-state index contributed by atoms with van der Waals surface area (Å²) in [6, 6.07) is 1.49. The Morgan fingerprint density at radius 1 is 1.27 bits per heavy atom. The molecular weight excluding hydrogens is 328 g/mol. The lowest BCUT2D eigenvalue weighted by atomic mass is 10.2. The fraction of sp³-hybridized carbons (Fsp3) is 0.400. The SMILES string of the molecule is CCCOCc1cc(O)c(O)c(Br)c1Br. The molecule has 0 saturated carbocycles. The Morgan fingerprint density at radius 3 is 2.53 bits per heavy atom. The fourth-order valence-corrected chi connectivity index (χ4v) is 1.96. The number of ether oxygens (including phenoxy) is 1. The van der Waals surface area contributed by atoms with Crippen molar-refractivity contribution in [3.05, 3.63) is 20.6 Å². The summed E-state index contributed by atoms with van der Waals surface area (Å²) >= 11 is 6.50. The summed E-state index contributed by atoms with van der Waals surface area (Å²) in [6.45, 7) is 3.10. The Kier molecular flexibility index (Phi) is 4.89. The molecule has 0 atom stereocenters. The Balaban J connectivity index is 2.89. The number of phenolic OH excluding ortho intramolecular Hbond substituents is 2. The van der Waals surface area contributed by atoms with Gasteiger partial charge in [-0.15, -0.1) is 0 Å². The first-order chi connectivity index (χ1) is 7.07. The monoisotopic (exact) mass is 338 g/mol. The predicted molar refractivity (Wildman–Crippen MR) is 65.1 cm³/mol. The molecule has 0 unspecified atom stereocenters. The lowest BCUT2D eigenvalue weighted by Gasteiger charge is -2.09. The van der Waals surface area contributed by atoms with E-state index in [0.717, 1.165) is 12.0 Å². The lowest BCUT2D eigenvalue weighted by molar-refractivity contribution is 0.121. The maximum Gasteiger partial charge on any atom is 0.173 e. The van der Waals surface area contributed by atoms with Crippen LogP contribution in [0.15, 0.2) is 15.0 Å². The van der Waals surface area contributed by atoms with Crippen molar-refractivity contribution in [2.24, 2.45) is 0 Å². The number of phenols is 2. The first kappa shape index (κ1) is 12.8. The van der Waals surface area contributed by atoms with Crippen LogP contribution in [0.4, 0.5) is 0 Å². The second-order valence-corrected chi connectivity index (χ2v) is 4.67. The van der Waals surface area contributed by atoms with Crippen molar-refractivity contribution < 1.29 is 14.9 Å². The predicted octanol–water partition coefficient (Wildman–Crippen LogP) is 3.55. The van der Waals surface area contributed by atoms with E-state index in [0.29, 0.717) is 22.2 Å². The van der Waals surface area contributed by atoms with Gasteiger partial charge in [-0.2, -0.15) is 0 Å². The molecule has 0 fully saturated rings. The first-order valence-corrected chi connectivity index (χ1v) is 6.13. The van der Waals surface area contributed by atoms with E-state index in [9.17, 15) is 10.2 Å². The van der Waals surface area contributed by atoms with Crippen LogP contribution < -0.4 is 0 Å². The van der Waals surface area contributed by atoms with E-state index in [2.05, 4.69) is 31.9 Å². The summed E-state index contributed by atoms with van der Waals surface area (Å²) < 4.78 is 6.50. The molecule has 1 rings (SSSR count). The van der Waals surface area contributed by atoms with Gasteiger partial charge >= 0.3 is 0 Å². The molecule has 0 saturated heterocycles. The molecule has 0 aliphatic carbocycles. The van der Waals surface area contributed by atoms with Gasteiger partial charge in [0.1, 0.15) is 0 Å². The molecule has 0 amide bonds. The summed E-state index contributed by atoms with van der Waals surface area (Å²) in [4.78, 5) is 0. The van der Waals surface area contributed by atoms with Gasteiger partial charge in [-0.05, 0) is 49.9 Å². The van der Waals surface area contributed by atoms with Crippen LogP contribution in [0.2, 0.25) is 0 Å². The average molecular weight is 340 g/mol. The summed E-state index contributed by atoms with van der Waals surface area (Å²) in [6.07, 6.45) is 0.947. The molecule has 5 heteroatoms. The van der Waals surface area contributed by atoms with Gasteiger partial charge < -0.3 is 14.9 Å². The Bertz CT molecular complexity index is 353. The highest BCUT2D eigenvalue weighted by Gasteiger charge is 2.13. The summed E-state index contributed by atoms with van der Waals surface area (Å²) in [7, 11) is 0. The molecule has 2 N–H and O–H groups in total. The average Bonchev–Trinajstić information content (AvgIpc) is 2.23. The van der Waals surface area contributed by atoms with E-state index in [1.54, 1.807) is 0 Å².